The van der Waals surface area contributed by atoms with Crippen molar-refractivity contribution in [2.24, 2.45) is 11.7 Å². The van der Waals surface area contributed by atoms with E-state index in [0.29, 0.717) is 12.8 Å². The van der Waals surface area contributed by atoms with Crippen LogP contribution >= 0.6 is 11.3 Å². The van der Waals surface area contributed by atoms with Crippen LogP contribution in [0.3, 0.4) is 0 Å². The van der Waals surface area contributed by atoms with Crippen LogP contribution in [-0.2, 0) is 4.79 Å². The van der Waals surface area contributed by atoms with Gasteiger partial charge in [0.2, 0.25) is 5.91 Å². The summed E-state index contributed by atoms with van der Waals surface area (Å²) >= 11 is 1.62. The lowest BCUT2D eigenvalue weighted by molar-refractivity contribution is -0.122. The minimum atomic E-state index is -0.445. The van der Waals surface area contributed by atoms with Crippen molar-refractivity contribution in [3.8, 4) is 10.4 Å². The molecule has 0 saturated heterocycles. The van der Waals surface area contributed by atoms with Crippen molar-refractivity contribution in [3.05, 3.63) is 35.6 Å². The van der Waals surface area contributed by atoms with Crippen LogP contribution in [0.2, 0.25) is 0 Å². The van der Waals surface area contributed by atoms with E-state index >= 15 is 0 Å². The minimum absolute atomic E-state index is 0.00338. The van der Waals surface area contributed by atoms with Crippen LogP contribution in [0, 0.1) is 5.92 Å². The molecule has 3 N–H and O–H groups in total. The maximum Gasteiger partial charge on any atom is 0.221 e. The number of carbonyl (C=O) groups is 1. The van der Waals surface area contributed by atoms with Crippen molar-refractivity contribution in [2.45, 2.75) is 24.9 Å². The first kappa shape index (κ1) is 12.4. The van der Waals surface area contributed by atoms with Crippen LogP contribution in [0.15, 0.2) is 34.5 Å². The fourth-order valence-corrected chi connectivity index (χ4v) is 3.87. The number of nitrogens with two attached hydrogens (primary N) is 1. The highest BCUT2D eigenvalue weighted by Crippen LogP contribution is 2.45. The Labute approximate surface area is 114 Å². The third kappa shape index (κ3) is 2.19. The van der Waals surface area contributed by atoms with Gasteiger partial charge in [-0.05, 0) is 41.8 Å². The molecule has 0 aliphatic heterocycles. The fourth-order valence-electron chi connectivity index (χ4n) is 2.91. The number of rotatable bonds is 3. The van der Waals surface area contributed by atoms with Gasteiger partial charge < -0.3 is 15.3 Å². The molecule has 3 atom stereocenters. The number of carbonyl (C=O) groups excluding carboxylic acids is 1. The smallest absolute Gasteiger partial charge is 0.221 e. The van der Waals surface area contributed by atoms with Gasteiger partial charge in [0.15, 0.2) is 0 Å². The number of thiophene rings is 1. The standard InChI is InChI=1S/C14H15NO3S/c15-14(17)12-6-9(16)5-11(12)10-2-4-19-13(10)8-1-3-18-7-8/h1-4,7,9,11-12,16H,5-6H2,(H2,15,17)/t9-,11+,12+/m1/s1. The van der Waals surface area contributed by atoms with Crippen molar-refractivity contribution in [2.75, 3.05) is 0 Å². The first-order valence-corrected chi connectivity index (χ1v) is 7.12. The van der Waals surface area contributed by atoms with Crippen molar-refractivity contribution in [3.63, 3.8) is 0 Å². The maximum absolute atomic E-state index is 11.5. The molecule has 19 heavy (non-hydrogen) atoms. The molecule has 1 aliphatic carbocycles. The Morgan fingerprint density at radius 2 is 2.26 bits per heavy atom. The number of aliphatic hydroxyl groups is 1. The molecule has 4 nitrogen and oxygen atoms in total. The molecule has 3 rings (SSSR count). The summed E-state index contributed by atoms with van der Waals surface area (Å²) in [5.41, 5.74) is 7.56. The number of hydrogen-bond acceptors (Lipinski definition) is 4. The molecule has 0 unspecified atom stereocenters. The van der Waals surface area contributed by atoms with E-state index in [1.807, 2.05) is 17.5 Å². The summed E-state index contributed by atoms with van der Waals surface area (Å²) in [6.45, 7) is 0. The molecule has 0 radical (unpaired) electrons. The van der Waals surface area contributed by atoms with Gasteiger partial charge >= 0.3 is 0 Å². The topological polar surface area (TPSA) is 76.5 Å². The quantitative estimate of drug-likeness (QED) is 0.904. The summed E-state index contributed by atoms with van der Waals surface area (Å²) in [5.74, 6) is -0.607. The van der Waals surface area contributed by atoms with Gasteiger partial charge in [0, 0.05) is 16.4 Å². The molecule has 100 valence electrons. The zero-order valence-electron chi connectivity index (χ0n) is 10.3. The Morgan fingerprint density at radius 3 is 2.95 bits per heavy atom. The van der Waals surface area contributed by atoms with Crippen LogP contribution in [0.1, 0.15) is 24.3 Å². The molecular formula is C14H15NO3S. The molecule has 2 heterocycles. The van der Waals surface area contributed by atoms with Crippen LogP contribution in [0.5, 0.6) is 0 Å². The lowest BCUT2D eigenvalue weighted by atomic mass is 9.88. The van der Waals surface area contributed by atoms with E-state index in [1.54, 1.807) is 23.9 Å². The molecule has 1 amide bonds. The van der Waals surface area contributed by atoms with Crippen molar-refractivity contribution < 1.29 is 14.3 Å². The number of amides is 1. The highest BCUT2D eigenvalue weighted by Gasteiger charge is 2.39. The van der Waals surface area contributed by atoms with Gasteiger partial charge in [-0.25, -0.2) is 0 Å². The molecule has 0 aromatic carbocycles. The van der Waals surface area contributed by atoms with Crippen LogP contribution in [0.4, 0.5) is 0 Å². The van der Waals surface area contributed by atoms with Gasteiger partial charge in [0.05, 0.1) is 18.6 Å². The average molecular weight is 277 g/mol. The van der Waals surface area contributed by atoms with Gasteiger partial charge in [-0.3, -0.25) is 4.79 Å². The van der Waals surface area contributed by atoms with E-state index in [-0.39, 0.29) is 17.7 Å². The first-order valence-electron chi connectivity index (χ1n) is 6.24. The highest BCUT2D eigenvalue weighted by atomic mass is 32.1. The van der Waals surface area contributed by atoms with E-state index < -0.39 is 6.10 Å². The molecule has 1 saturated carbocycles. The van der Waals surface area contributed by atoms with Gasteiger partial charge in [-0.15, -0.1) is 11.3 Å². The maximum atomic E-state index is 11.5. The lowest BCUT2D eigenvalue weighted by Crippen LogP contribution is -2.25. The van der Waals surface area contributed by atoms with Gasteiger partial charge in [0.1, 0.15) is 0 Å². The molecular weight excluding hydrogens is 262 g/mol. The third-order valence-corrected chi connectivity index (χ3v) is 4.76. The monoisotopic (exact) mass is 277 g/mol. The second kappa shape index (κ2) is 4.83. The molecule has 2 aromatic heterocycles. The Balaban J connectivity index is 1.98. The largest absolute Gasteiger partial charge is 0.472 e. The third-order valence-electron chi connectivity index (χ3n) is 3.78. The molecule has 0 spiro atoms. The van der Waals surface area contributed by atoms with Crippen molar-refractivity contribution in [1.82, 2.24) is 0 Å². The second-order valence-electron chi connectivity index (χ2n) is 4.96. The number of hydrogen-bond donors (Lipinski definition) is 2. The molecule has 0 bridgehead atoms. The van der Waals surface area contributed by atoms with E-state index in [9.17, 15) is 9.90 Å². The first-order chi connectivity index (χ1) is 9.16. The summed E-state index contributed by atoms with van der Waals surface area (Å²) in [6.07, 6.45) is 3.93. The summed E-state index contributed by atoms with van der Waals surface area (Å²) in [5, 5.41) is 11.8. The SMILES string of the molecule is NC(=O)[C@H]1C[C@H](O)C[C@H]1c1ccsc1-c1ccoc1. The Hall–Kier alpha value is -1.59. The normalized spacial score (nSPS) is 26.7. The zero-order valence-corrected chi connectivity index (χ0v) is 11.1. The van der Waals surface area contributed by atoms with E-state index in [4.69, 9.17) is 10.2 Å². The summed E-state index contributed by atoms with van der Waals surface area (Å²) in [4.78, 5) is 12.6. The predicted octanol–water partition coefficient (Wildman–Crippen LogP) is 2.35. The van der Waals surface area contributed by atoms with Crippen molar-refractivity contribution in [1.29, 1.82) is 0 Å². The van der Waals surface area contributed by atoms with Crippen LogP contribution < -0.4 is 5.73 Å². The lowest BCUT2D eigenvalue weighted by Gasteiger charge is -2.16. The number of primary amides is 1. The molecule has 1 aliphatic rings. The fraction of sp³-hybridized carbons (Fsp3) is 0.357. The van der Waals surface area contributed by atoms with E-state index in [1.165, 1.54) is 0 Å². The molecule has 2 aromatic rings. The summed E-state index contributed by atoms with van der Waals surface area (Å²) in [7, 11) is 0. The van der Waals surface area contributed by atoms with Crippen LogP contribution in [0.25, 0.3) is 10.4 Å². The highest BCUT2D eigenvalue weighted by molar-refractivity contribution is 7.13. The van der Waals surface area contributed by atoms with E-state index in [2.05, 4.69) is 0 Å². The Kier molecular flexibility index (Phi) is 3.16. The van der Waals surface area contributed by atoms with Gasteiger partial charge in [0.25, 0.3) is 0 Å². The predicted molar refractivity (Wildman–Crippen MR) is 72.7 cm³/mol. The van der Waals surface area contributed by atoms with Gasteiger partial charge in [-0.1, -0.05) is 0 Å². The average Bonchev–Trinajstić information content (AvgIpc) is 3.07. The summed E-state index contributed by atoms with van der Waals surface area (Å²) < 4.78 is 5.12. The molecule has 1 fully saturated rings. The second-order valence-corrected chi connectivity index (χ2v) is 5.87. The van der Waals surface area contributed by atoms with Gasteiger partial charge in [-0.2, -0.15) is 0 Å². The molecule has 5 heteroatoms. The van der Waals surface area contributed by atoms with Crippen LogP contribution in [-0.4, -0.2) is 17.1 Å². The summed E-state index contributed by atoms with van der Waals surface area (Å²) in [6, 6.07) is 3.92. The zero-order chi connectivity index (χ0) is 13.4. The van der Waals surface area contributed by atoms with Crippen molar-refractivity contribution >= 4 is 17.2 Å². The number of furan rings is 1. The minimum Gasteiger partial charge on any atom is -0.472 e. The Bertz CT molecular complexity index is 575. The van der Waals surface area contributed by atoms with E-state index in [0.717, 1.165) is 16.0 Å². The Morgan fingerprint density at radius 1 is 1.42 bits per heavy atom. The number of aliphatic hydroxyl groups excluding tert-OH is 1.